The summed E-state index contributed by atoms with van der Waals surface area (Å²) in [5.74, 6) is -1.22. The van der Waals surface area contributed by atoms with E-state index in [1.807, 2.05) is 0 Å². The van der Waals surface area contributed by atoms with E-state index < -0.39 is 5.97 Å². The predicted octanol–water partition coefficient (Wildman–Crippen LogP) is -6.20. The van der Waals surface area contributed by atoms with Crippen LogP contribution in [0, 0.1) is 0 Å². The SMILES string of the molecule is NCC(=O)[O-].O[CH2][Na].[K+]. The van der Waals surface area contributed by atoms with Crippen LogP contribution in [-0.2, 0) is 4.79 Å². The topological polar surface area (TPSA) is 86.4 Å². The number of rotatable bonds is 1. The van der Waals surface area contributed by atoms with Crippen LogP contribution >= 0.6 is 0 Å². The molecule has 0 aliphatic heterocycles. The molecule has 0 fully saturated rings. The Morgan fingerprint density at radius 2 is 1.89 bits per heavy atom. The van der Waals surface area contributed by atoms with E-state index in [2.05, 4.69) is 5.73 Å². The Labute approximate surface area is 114 Å². The van der Waals surface area contributed by atoms with Gasteiger partial charge in [0.15, 0.2) is 0 Å². The summed E-state index contributed by atoms with van der Waals surface area (Å²) in [6.07, 6.45) is 0. The molecular weight excluding hydrogens is 160 g/mol. The summed E-state index contributed by atoms with van der Waals surface area (Å²) in [7, 11) is 0. The van der Waals surface area contributed by atoms with Gasteiger partial charge < -0.3 is 15.6 Å². The van der Waals surface area contributed by atoms with Crippen molar-refractivity contribution in [2.75, 3.05) is 10.4 Å². The molecule has 0 unspecified atom stereocenters. The van der Waals surface area contributed by atoms with E-state index in [9.17, 15) is 0 Å². The maximum atomic E-state index is 9.13. The fourth-order valence-electron chi connectivity index (χ4n) is 0. The molecule has 0 aromatic rings. The second-order valence-electron chi connectivity index (χ2n) is 0.892. The summed E-state index contributed by atoms with van der Waals surface area (Å²) < 4.78 is 0.389. The van der Waals surface area contributed by atoms with Gasteiger partial charge >= 0.3 is 88.3 Å². The van der Waals surface area contributed by atoms with Crippen molar-refractivity contribution in [3.8, 4) is 0 Å². The minimum atomic E-state index is -1.22. The molecule has 0 amide bonds. The third kappa shape index (κ3) is 39.8. The zero-order valence-corrected chi connectivity index (χ0v) is 10.9. The second-order valence-corrected chi connectivity index (χ2v) is 1.52. The van der Waals surface area contributed by atoms with Gasteiger partial charge in [-0.05, 0) is 0 Å². The molecule has 4 nitrogen and oxygen atoms in total. The van der Waals surface area contributed by atoms with Crippen LogP contribution in [0.2, 0.25) is 0 Å². The van der Waals surface area contributed by atoms with E-state index in [0.717, 1.165) is 27.9 Å². The number of hydrogen-bond acceptors (Lipinski definition) is 4. The predicted molar refractivity (Wildman–Crippen MR) is 26.9 cm³/mol. The van der Waals surface area contributed by atoms with Gasteiger partial charge in [0.2, 0.25) is 0 Å². The molecule has 6 heteroatoms. The van der Waals surface area contributed by atoms with Crippen LogP contribution in [0.25, 0.3) is 0 Å². The minimum absolute atomic E-state index is 0. The molecule has 0 aliphatic rings. The Balaban J connectivity index is -0.0000000800. The number of nitrogens with two attached hydrogens (primary N) is 1. The number of aliphatic hydroxyl groups is 1. The van der Waals surface area contributed by atoms with Crippen LogP contribution < -0.4 is 62.2 Å². The van der Waals surface area contributed by atoms with E-state index in [1.165, 1.54) is 0 Å². The minimum Gasteiger partial charge on any atom is 1.00 e. The summed E-state index contributed by atoms with van der Waals surface area (Å²) in [5.41, 5.74) is 4.51. The molecule has 0 saturated carbocycles. The van der Waals surface area contributed by atoms with Crippen molar-refractivity contribution >= 4 is 33.9 Å². The fourth-order valence-corrected chi connectivity index (χ4v) is 0. The maximum Gasteiger partial charge on any atom is 1.00 e. The Bertz CT molecular complexity index is 63.0. The quantitative estimate of drug-likeness (QED) is 0.380. The normalized spacial score (nSPS) is 6.22. The average molecular weight is 167 g/mol. The van der Waals surface area contributed by atoms with Crippen LogP contribution in [-0.4, -0.2) is 49.4 Å². The molecule has 0 heterocycles. The van der Waals surface area contributed by atoms with Crippen molar-refractivity contribution in [2.45, 2.75) is 0 Å². The first-order valence-corrected chi connectivity index (χ1v) is 3.61. The van der Waals surface area contributed by atoms with E-state index >= 15 is 0 Å². The van der Waals surface area contributed by atoms with Crippen molar-refractivity contribution in [1.29, 1.82) is 0 Å². The molecular formula is C3H7KNNaO3. The Hall–Kier alpha value is 2.03. The molecule has 0 spiro atoms. The number of hydrogen-bond donors (Lipinski definition) is 2. The van der Waals surface area contributed by atoms with Gasteiger partial charge in [0.1, 0.15) is 0 Å². The number of carbonyl (C=O) groups is 1. The Morgan fingerprint density at radius 3 is 1.89 bits per heavy atom. The van der Waals surface area contributed by atoms with Crippen molar-refractivity contribution in [3.63, 3.8) is 0 Å². The zero-order valence-electron chi connectivity index (χ0n) is 5.76. The standard InChI is InChI=1S/C2H5NO2.CH3O.K.Na/c3-1-2(4)5;1-2;;/h1,3H2,(H,4,5);2H,1H2;;/q;;+1;/p-1. The molecule has 0 aromatic carbocycles. The van der Waals surface area contributed by atoms with Crippen molar-refractivity contribution < 1.29 is 66.4 Å². The molecule has 0 radical (unpaired) electrons. The van der Waals surface area contributed by atoms with Crippen LogP contribution in [0.15, 0.2) is 0 Å². The molecule has 0 aromatic heterocycles. The van der Waals surface area contributed by atoms with Gasteiger partial charge in [-0.1, -0.05) is 0 Å². The molecule has 0 saturated heterocycles. The summed E-state index contributed by atoms with van der Waals surface area (Å²) in [5, 5.41) is 16.8. The largest absolute Gasteiger partial charge is 1.00 e. The first-order chi connectivity index (χ1) is 3.68. The summed E-state index contributed by atoms with van der Waals surface area (Å²) >= 11 is 0.924. The third-order valence-corrected chi connectivity index (χ3v) is 0.167. The molecule has 44 valence electrons. The number of aliphatic carboxylic acids is 1. The summed E-state index contributed by atoms with van der Waals surface area (Å²) in [4.78, 5) is 9.13. The summed E-state index contributed by atoms with van der Waals surface area (Å²) in [6, 6.07) is 0. The van der Waals surface area contributed by atoms with Crippen molar-refractivity contribution in [3.05, 3.63) is 0 Å². The molecule has 3 N–H and O–H groups in total. The van der Waals surface area contributed by atoms with Crippen molar-refractivity contribution in [2.24, 2.45) is 5.73 Å². The first kappa shape index (κ1) is 17.2. The van der Waals surface area contributed by atoms with Gasteiger partial charge in [-0.3, -0.25) is 0 Å². The molecule has 0 aliphatic carbocycles. The van der Waals surface area contributed by atoms with Crippen LogP contribution in [0.3, 0.4) is 0 Å². The number of carbonyl (C=O) groups excluding carboxylic acids is 1. The van der Waals surface area contributed by atoms with E-state index in [4.69, 9.17) is 15.0 Å². The smallest absolute Gasteiger partial charge is 1.00 e. The fraction of sp³-hybridized carbons (Fsp3) is 0.667. The number of carboxylic acid groups (broad SMARTS) is 1. The molecule has 0 rings (SSSR count). The maximum absolute atomic E-state index is 9.13. The van der Waals surface area contributed by atoms with E-state index in [1.54, 1.807) is 0 Å². The summed E-state index contributed by atoms with van der Waals surface area (Å²) in [6.45, 7) is -0.389. The number of carboxylic acids is 1. The van der Waals surface area contributed by atoms with Gasteiger partial charge in [-0.25, -0.2) is 0 Å². The molecule has 0 bridgehead atoms. The van der Waals surface area contributed by atoms with E-state index in [-0.39, 0.29) is 57.9 Å². The van der Waals surface area contributed by atoms with Gasteiger partial charge in [0.05, 0.1) is 5.97 Å². The van der Waals surface area contributed by atoms with Gasteiger partial charge in [-0.15, -0.1) is 0 Å². The van der Waals surface area contributed by atoms with Crippen LogP contribution in [0.4, 0.5) is 0 Å². The average Bonchev–Trinajstić information content (AvgIpc) is 1.69. The molecule has 9 heavy (non-hydrogen) atoms. The third-order valence-electron chi connectivity index (χ3n) is 0.167. The van der Waals surface area contributed by atoms with Crippen LogP contribution in [0.1, 0.15) is 0 Å². The Morgan fingerprint density at radius 1 is 1.78 bits per heavy atom. The Kier molecular flexibility index (Phi) is 31.6. The first-order valence-electron chi connectivity index (χ1n) is 2.19. The zero-order chi connectivity index (χ0) is 6.99. The van der Waals surface area contributed by atoms with Gasteiger partial charge in [-0.2, -0.15) is 0 Å². The monoisotopic (exact) mass is 167 g/mol. The molecule has 0 atom stereocenters. The second kappa shape index (κ2) is 16.5. The van der Waals surface area contributed by atoms with Gasteiger partial charge in [0.25, 0.3) is 0 Å². The number of aliphatic hydroxyl groups excluding tert-OH is 1. The van der Waals surface area contributed by atoms with Crippen molar-refractivity contribution in [1.82, 2.24) is 0 Å². The van der Waals surface area contributed by atoms with E-state index in [0.29, 0.717) is 3.86 Å². The van der Waals surface area contributed by atoms with Gasteiger partial charge in [0, 0.05) is 6.54 Å². The van der Waals surface area contributed by atoms with Crippen LogP contribution in [0.5, 0.6) is 0 Å².